The first kappa shape index (κ1) is 11.9. The van der Waals surface area contributed by atoms with Crippen LogP contribution < -0.4 is 4.74 Å². The van der Waals surface area contributed by atoms with Crippen molar-refractivity contribution in [1.29, 1.82) is 0 Å². The average molecular weight is 235 g/mol. The maximum atomic E-state index is 11.8. The number of hydrogen-bond acceptors (Lipinski definition) is 3. The summed E-state index contributed by atoms with van der Waals surface area (Å²) in [5, 5.41) is 0. The summed E-state index contributed by atoms with van der Waals surface area (Å²) in [6.07, 6.45) is 0.225. The molecule has 1 aliphatic heterocycles. The standard InChI is InChI=1S/C13H17NO3/c1-9-4-5-10(13(15)14(2)3)6-12(9)17-8-11-7-16-11/h4-6,11H,7-8H2,1-3H3. The largest absolute Gasteiger partial charge is 0.490 e. The zero-order valence-corrected chi connectivity index (χ0v) is 10.4. The van der Waals surface area contributed by atoms with Crippen molar-refractivity contribution in [2.45, 2.75) is 13.0 Å². The minimum absolute atomic E-state index is 0.0162. The maximum Gasteiger partial charge on any atom is 0.253 e. The van der Waals surface area contributed by atoms with Crippen LogP contribution in [0.5, 0.6) is 5.75 Å². The highest BCUT2D eigenvalue weighted by atomic mass is 16.6. The zero-order valence-electron chi connectivity index (χ0n) is 10.4. The third kappa shape index (κ3) is 2.97. The van der Waals surface area contributed by atoms with Crippen LogP contribution in [0.3, 0.4) is 0 Å². The maximum absolute atomic E-state index is 11.8. The van der Waals surface area contributed by atoms with Gasteiger partial charge in [0.1, 0.15) is 18.5 Å². The quantitative estimate of drug-likeness (QED) is 0.742. The van der Waals surface area contributed by atoms with Gasteiger partial charge in [-0.15, -0.1) is 0 Å². The van der Waals surface area contributed by atoms with Crippen LogP contribution >= 0.6 is 0 Å². The Labute approximate surface area is 101 Å². The molecule has 4 nitrogen and oxygen atoms in total. The van der Waals surface area contributed by atoms with Crippen LogP contribution in [0.25, 0.3) is 0 Å². The molecule has 1 saturated heterocycles. The summed E-state index contributed by atoms with van der Waals surface area (Å²) < 4.78 is 10.7. The van der Waals surface area contributed by atoms with Gasteiger partial charge in [-0.2, -0.15) is 0 Å². The SMILES string of the molecule is Cc1ccc(C(=O)N(C)C)cc1OCC1CO1. The van der Waals surface area contributed by atoms with E-state index in [1.807, 2.05) is 19.1 Å². The second-order valence-corrected chi connectivity index (χ2v) is 4.45. The smallest absolute Gasteiger partial charge is 0.253 e. The van der Waals surface area contributed by atoms with Crippen molar-refractivity contribution in [3.05, 3.63) is 29.3 Å². The van der Waals surface area contributed by atoms with Crippen LogP contribution in [0.4, 0.5) is 0 Å². The first-order chi connectivity index (χ1) is 8.08. The van der Waals surface area contributed by atoms with E-state index < -0.39 is 0 Å². The molecule has 0 aliphatic carbocycles. The summed E-state index contributed by atoms with van der Waals surface area (Å²) in [5.74, 6) is 0.741. The summed E-state index contributed by atoms with van der Waals surface area (Å²) in [7, 11) is 3.47. The topological polar surface area (TPSA) is 42.1 Å². The van der Waals surface area contributed by atoms with Gasteiger partial charge in [-0.1, -0.05) is 6.07 Å². The molecule has 0 radical (unpaired) electrons. The first-order valence-electron chi connectivity index (χ1n) is 5.64. The average Bonchev–Trinajstić information content (AvgIpc) is 3.11. The lowest BCUT2D eigenvalue weighted by molar-refractivity contribution is 0.0827. The van der Waals surface area contributed by atoms with Crippen molar-refractivity contribution < 1.29 is 14.3 Å². The second kappa shape index (κ2) is 4.75. The van der Waals surface area contributed by atoms with Gasteiger partial charge in [0.2, 0.25) is 0 Å². The highest BCUT2D eigenvalue weighted by molar-refractivity contribution is 5.94. The molecule has 0 N–H and O–H groups in total. The number of benzene rings is 1. The number of hydrogen-bond donors (Lipinski definition) is 0. The fourth-order valence-corrected chi connectivity index (χ4v) is 1.49. The third-order valence-electron chi connectivity index (χ3n) is 2.67. The number of rotatable bonds is 4. The molecule has 0 aromatic heterocycles. The van der Waals surface area contributed by atoms with Gasteiger partial charge in [-0.25, -0.2) is 0 Å². The van der Waals surface area contributed by atoms with Crippen molar-refractivity contribution >= 4 is 5.91 Å². The highest BCUT2D eigenvalue weighted by Crippen LogP contribution is 2.22. The Morgan fingerprint density at radius 1 is 1.53 bits per heavy atom. The van der Waals surface area contributed by atoms with E-state index in [0.717, 1.165) is 17.9 Å². The summed E-state index contributed by atoms with van der Waals surface area (Å²) in [6, 6.07) is 5.51. The molecule has 4 heteroatoms. The van der Waals surface area contributed by atoms with Crippen LogP contribution in [0.15, 0.2) is 18.2 Å². The van der Waals surface area contributed by atoms with E-state index in [9.17, 15) is 4.79 Å². The van der Waals surface area contributed by atoms with Crippen molar-refractivity contribution in [2.75, 3.05) is 27.3 Å². The van der Waals surface area contributed by atoms with E-state index in [2.05, 4.69) is 0 Å². The van der Waals surface area contributed by atoms with E-state index in [0.29, 0.717) is 12.2 Å². The molecule has 1 aromatic carbocycles. The molecule has 1 amide bonds. The monoisotopic (exact) mass is 235 g/mol. The van der Waals surface area contributed by atoms with Crippen LogP contribution in [0, 0.1) is 6.92 Å². The van der Waals surface area contributed by atoms with Crippen molar-refractivity contribution in [3.8, 4) is 5.75 Å². The Kier molecular flexibility index (Phi) is 3.33. The summed E-state index contributed by atoms with van der Waals surface area (Å²) in [5.41, 5.74) is 1.67. The van der Waals surface area contributed by atoms with E-state index in [4.69, 9.17) is 9.47 Å². The van der Waals surface area contributed by atoms with Gasteiger partial charge in [-0.3, -0.25) is 4.79 Å². The Hall–Kier alpha value is -1.55. The molecule has 1 fully saturated rings. The normalized spacial score (nSPS) is 17.7. The Bertz CT molecular complexity index is 425. The van der Waals surface area contributed by atoms with E-state index in [1.165, 1.54) is 0 Å². The molecular weight excluding hydrogens is 218 g/mol. The summed E-state index contributed by atoms with van der Waals surface area (Å²) in [4.78, 5) is 13.4. The Morgan fingerprint density at radius 3 is 2.82 bits per heavy atom. The predicted molar refractivity (Wildman–Crippen MR) is 64.4 cm³/mol. The van der Waals surface area contributed by atoms with Crippen LogP contribution in [0.2, 0.25) is 0 Å². The van der Waals surface area contributed by atoms with Gasteiger partial charge in [-0.05, 0) is 24.6 Å². The molecule has 0 spiro atoms. The number of epoxide rings is 1. The Balaban J connectivity index is 2.12. The number of amides is 1. The van der Waals surface area contributed by atoms with Gasteiger partial charge in [0.25, 0.3) is 5.91 Å². The van der Waals surface area contributed by atoms with Gasteiger partial charge in [0, 0.05) is 19.7 Å². The number of nitrogens with zero attached hydrogens (tertiary/aromatic N) is 1. The third-order valence-corrected chi connectivity index (χ3v) is 2.67. The molecule has 17 heavy (non-hydrogen) atoms. The van der Waals surface area contributed by atoms with Gasteiger partial charge < -0.3 is 14.4 Å². The van der Waals surface area contributed by atoms with Crippen molar-refractivity contribution in [2.24, 2.45) is 0 Å². The fraction of sp³-hybridized carbons (Fsp3) is 0.462. The van der Waals surface area contributed by atoms with Crippen LogP contribution in [0.1, 0.15) is 15.9 Å². The number of carbonyl (C=O) groups excluding carboxylic acids is 1. The number of carbonyl (C=O) groups is 1. The van der Waals surface area contributed by atoms with E-state index in [1.54, 1.807) is 25.1 Å². The minimum Gasteiger partial charge on any atom is -0.490 e. The van der Waals surface area contributed by atoms with Crippen LogP contribution in [-0.4, -0.2) is 44.2 Å². The van der Waals surface area contributed by atoms with Gasteiger partial charge in [0.05, 0.1) is 6.61 Å². The molecule has 0 bridgehead atoms. The predicted octanol–water partition coefficient (Wildman–Crippen LogP) is 1.47. The number of aryl methyl sites for hydroxylation is 1. The van der Waals surface area contributed by atoms with Gasteiger partial charge >= 0.3 is 0 Å². The second-order valence-electron chi connectivity index (χ2n) is 4.45. The van der Waals surface area contributed by atoms with Crippen molar-refractivity contribution in [3.63, 3.8) is 0 Å². The summed E-state index contributed by atoms with van der Waals surface area (Å²) in [6.45, 7) is 3.29. The lowest BCUT2D eigenvalue weighted by Crippen LogP contribution is -2.21. The molecule has 1 unspecified atom stereocenters. The Morgan fingerprint density at radius 2 is 2.24 bits per heavy atom. The zero-order chi connectivity index (χ0) is 12.4. The highest BCUT2D eigenvalue weighted by Gasteiger charge is 2.23. The fourth-order valence-electron chi connectivity index (χ4n) is 1.49. The first-order valence-corrected chi connectivity index (χ1v) is 5.64. The number of ether oxygens (including phenoxy) is 2. The molecule has 2 rings (SSSR count). The lowest BCUT2D eigenvalue weighted by Gasteiger charge is -2.13. The molecule has 1 aromatic rings. The van der Waals surface area contributed by atoms with Gasteiger partial charge in [0.15, 0.2) is 0 Å². The van der Waals surface area contributed by atoms with E-state index >= 15 is 0 Å². The lowest BCUT2D eigenvalue weighted by atomic mass is 10.1. The van der Waals surface area contributed by atoms with E-state index in [-0.39, 0.29) is 12.0 Å². The minimum atomic E-state index is -0.0162. The molecule has 1 heterocycles. The molecule has 0 saturated carbocycles. The molecule has 1 aliphatic rings. The molecule has 92 valence electrons. The van der Waals surface area contributed by atoms with Crippen molar-refractivity contribution in [1.82, 2.24) is 4.90 Å². The van der Waals surface area contributed by atoms with Crippen LogP contribution in [-0.2, 0) is 4.74 Å². The molecule has 1 atom stereocenters. The summed E-state index contributed by atoms with van der Waals surface area (Å²) >= 11 is 0. The molecular formula is C13H17NO3.